The molecule has 3 heteroatoms. The van der Waals surface area contributed by atoms with Crippen LogP contribution >= 0.6 is 0 Å². The maximum Gasteiger partial charge on any atom is 0.121 e. The quantitative estimate of drug-likeness (QED) is 0.862. The normalized spacial score (nSPS) is 12.4. The van der Waals surface area contributed by atoms with Gasteiger partial charge in [0, 0.05) is 0 Å². The Hall–Kier alpha value is -1.74. The van der Waals surface area contributed by atoms with Crippen molar-refractivity contribution in [1.82, 2.24) is 5.32 Å². The summed E-state index contributed by atoms with van der Waals surface area (Å²) in [7, 11) is 1.69. The lowest BCUT2D eigenvalue weighted by molar-refractivity contribution is 0.400. The molecule has 19 heavy (non-hydrogen) atoms. The zero-order valence-electron chi connectivity index (χ0n) is 11.8. The first-order chi connectivity index (χ1) is 9.22. The zero-order valence-corrected chi connectivity index (χ0v) is 11.8. The summed E-state index contributed by atoms with van der Waals surface area (Å²) >= 11 is 0. The van der Waals surface area contributed by atoms with Crippen molar-refractivity contribution in [2.45, 2.75) is 26.3 Å². The molecule has 1 heterocycles. The molecule has 0 aliphatic heterocycles. The molecule has 2 rings (SSSR count). The fraction of sp³-hybridized carbons (Fsp3) is 0.375. The lowest BCUT2D eigenvalue weighted by atomic mass is 10.0. The van der Waals surface area contributed by atoms with Crippen LogP contribution in [0.5, 0.6) is 5.75 Å². The highest BCUT2D eigenvalue weighted by Gasteiger charge is 2.15. The number of nitrogens with one attached hydrogen (secondary N) is 1. The molecule has 0 amide bonds. The molecular weight excluding hydrogens is 238 g/mol. The summed E-state index contributed by atoms with van der Waals surface area (Å²) in [4.78, 5) is 0. The number of methoxy groups -OCH3 is 1. The maximum atomic E-state index is 5.73. The fourth-order valence-corrected chi connectivity index (χ4v) is 2.20. The van der Waals surface area contributed by atoms with E-state index in [2.05, 4.69) is 24.4 Å². The van der Waals surface area contributed by atoms with Gasteiger partial charge >= 0.3 is 0 Å². The van der Waals surface area contributed by atoms with Gasteiger partial charge < -0.3 is 14.5 Å². The second-order valence-electron chi connectivity index (χ2n) is 4.61. The Morgan fingerprint density at radius 2 is 2.11 bits per heavy atom. The third-order valence-corrected chi connectivity index (χ3v) is 3.13. The number of hydrogen-bond acceptors (Lipinski definition) is 3. The van der Waals surface area contributed by atoms with Gasteiger partial charge in [0.15, 0.2) is 0 Å². The monoisotopic (exact) mass is 259 g/mol. The van der Waals surface area contributed by atoms with E-state index in [-0.39, 0.29) is 6.04 Å². The first-order valence-electron chi connectivity index (χ1n) is 6.65. The van der Waals surface area contributed by atoms with Crippen molar-refractivity contribution < 1.29 is 9.15 Å². The van der Waals surface area contributed by atoms with Crippen molar-refractivity contribution in [2.24, 2.45) is 0 Å². The van der Waals surface area contributed by atoms with Crippen LogP contribution in [0.4, 0.5) is 0 Å². The predicted octanol–water partition coefficient (Wildman–Crippen LogP) is 3.49. The van der Waals surface area contributed by atoms with E-state index in [1.165, 1.54) is 5.56 Å². The molecule has 1 aromatic carbocycles. The first kappa shape index (κ1) is 13.7. The minimum absolute atomic E-state index is 0.200. The van der Waals surface area contributed by atoms with E-state index in [0.717, 1.165) is 30.2 Å². The predicted molar refractivity (Wildman–Crippen MR) is 76.6 cm³/mol. The van der Waals surface area contributed by atoms with Gasteiger partial charge in [0.2, 0.25) is 0 Å². The first-order valence-corrected chi connectivity index (χ1v) is 6.65. The Morgan fingerprint density at radius 1 is 1.26 bits per heavy atom. The number of rotatable bonds is 6. The molecule has 0 saturated carbocycles. The van der Waals surface area contributed by atoms with Crippen LogP contribution in [0.25, 0.3) is 0 Å². The van der Waals surface area contributed by atoms with E-state index in [9.17, 15) is 0 Å². The highest BCUT2D eigenvalue weighted by molar-refractivity contribution is 5.29. The standard InChI is InChI=1S/C16H21NO2/c1-4-17-15(16-9-8-12(2)19-16)11-13-6-5-7-14(10-13)18-3/h5-10,15,17H,4,11H2,1-3H3. The van der Waals surface area contributed by atoms with E-state index in [4.69, 9.17) is 9.15 Å². The van der Waals surface area contributed by atoms with Crippen LogP contribution in [0.2, 0.25) is 0 Å². The summed E-state index contributed by atoms with van der Waals surface area (Å²) in [6, 6.07) is 12.4. The maximum absolute atomic E-state index is 5.73. The molecule has 1 unspecified atom stereocenters. The smallest absolute Gasteiger partial charge is 0.121 e. The summed E-state index contributed by atoms with van der Waals surface area (Å²) < 4.78 is 11.0. The van der Waals surface area contributed by atoms with Crippen molar-refractivity contribution in [3.63, 3.8) is 0 Å². The van der Waals surface area contributed by atoms with Gasteiger partial charge in [-0.3, -0.25) is 0 Å². The Balaban J connectivity index is 2.16. The summed E-state index contributed by atoms with van der Waals surface area (Å²) in [6.45, 7) is 4.99. The molecule has 1 atom stereocenters. The number of ether oxygens (including phenoxy) is 1. The minimum atomic E-state index is 0.200. The molecule has 0 aliphatic carbocycles. The molecule has 2 aromatic rings. The summed E-state index contributed by atoms with van der Waals surface area (Å²) in [5.74, 6) is 2.83. The van der Waals surface area contributed by atoms with E-state index in [1.54, 1.807) is 7.11 Å². The van der Waals surface area contributed by atoms with Crippen LogP contribution in [0.3, 0.4) is 0 Å². The molecule has 102 valence electrons. The van der Waals surface area contributed by atoms with Gasteiger partial charge in [-0.25, -0.2) is 0 Å². The van der Waals surface area contributed by atoms with Crippen molar-refractivity contribution in [1.29, 1.82) is 0 Å². The van der Waals surface area contributed by atoms with E-state index in [1.807, 2.05) is 31.2 Å². The number of furan rings is 1. The molecule has 0 spiro atoms. The molecule has 1 N–H and O–H groups in total. The van der Waals surface area contributed by atoms with Gasteiger partial charge in [-0.15, -0.1) is 0 Å². The van der Waals surface area contributed by atoms with Crippen LogP contribution in [0.1, 0.15) is 30.0 Å². The van der Waals surface area contributed by atoms with Crippen molar-refractivity contribution in [3.05, 3.63) is 53.5 Å². The Morgan fingerprint density at radius 3 is 2.74 bits per heavy atom. The fourth-order valence-electron chi connectivity index (χ4n) is 2.20. The SMILES string of the molecule is CCNC(Cc1cccc(OC)c1)c1ccc(C)o1. The molecule has 0 aliphatic rings. The van der Waals surface area contributed by atoms with Crippen LogP contribution in [-0.2, 0) is 6.42 Å². The van der Waals surface area contributed by atoms with E-state index >= 15 is 0 Å². The van der Waals surface area contributed by atoms with Gasteiger partial charge in [-0.05, 0) is 49.7 Å². The highest BCUT2D eigenvalue weighted by atomic mass is 16.5. The number of benzene rings is 1. The second kappa shape index (κ2) is 6.43. The van der Waals surface area contributed by atoms with Crippen molar-refractivity contribution >= 4 is 0 Å². The summed E-state index contributed by atoms with van der Waals surface area (Å²) in [5.41, 5.74) is 1.24. The third kappa shape index (κ3) is 3.61. The van der Waals surface area contributed by atoms with Crippen LogP contribution in [0.15, 0.2) is 40.8 Å². The Kier molecular flexibility index (Phi) is 4.63. The van der Waals surface area contributed by atoms with Crippen LogP contribution < -0.4 is 10.1 Å². The van der Waals surface area contributed by atoms with Gasteiger partial charge in [0.05, 0.1) is 13.2 Å². The van der Waals surface area contributed by atoms with E-state index in [0.29, 0.717) is 0 Å². The zero-order chi connectivity index (χ0) is 13.7. The van der Waals surface area contributed by atoms with Gasteiger partial charge in [-0.1, -0.05) is 19.1 Å². The van der Waals surface area contributed by atoms with Gasteiger partial charge in [-0.2, -0.15) is 0 Å². The Bertz CT molecular complexity index is 519. The van der Waals surface area contributed by atoms with Gasteiger partial charge in [0.1, 0.15) is 17.3 Å². The number of aryl methyl sites for hydroxylation is 1. The summed E-state index contributed by atoms with van der Waals surface area (Å²) in [5, 5.41) is 3.46. The molecular formula is C16H21NO2. The topological polar surface area (TPSA) is 34.4 Å². The third-order valence-electron chi connectivity index (χ3n) is 3.13. The lowest BCUT2D eigenvalue weighted by Crippen LogP contribution is -2.22. The van der Waals surface area contributed by atoms with Crippen LogP contribution in [0, 0.1) is 6.92 Å². The molecule has 0 saturated heterocycles. The lowest BCUT2D eigenvalue weighted by Gasteiger charge is -2.16. The number of likely N-dealkylation sites (N-methyl/N-ethyl adjacent to an activating group) is 1. The minimum Gasteiger partial charge on any atom is -0.497 e. The largest absolute Gasteiger partial charge is 0.497 e. The Labute approximate surface area is 114 Å². The average Bonchev–Trinajstić information content (AvgIpc) is 2.85. The summed E-state index contributed by atoms with van der Waals surface area (Å²) in [6.07, 6.45) is 0.887. The van der Waals surface area contributed by atoms with Crippen LogP contribution in [-0.4, -0.2) is 13.7 Å². The van der Waals surface area contributed by atoms with Crippen molar-refractivity contribution in [3.8, 4) is 5.75 Å². The molecule has 0 fully saturated rings. The molecule has 3 nitrogen and oxygen atoms in total. The highest BCUT2D eigenvalue weighted by Crippen LogP contribution is 2.22. The molecule has 1 aromatic heterocycles. The molecule has 0 radical (unpaired) electrons. The average molecular weight is 259 g/mol. The van der Waals surface area contributed by atoms with Gasteiger partial charge in [0.25, 0.3) is 0 Å². The number of hydrogen-bond donors (Lipinski definition) is 1. The van der Waals surface area contributed by atoms with E-state index < -0.39 is 0 Å². The second-order valence-corrected chi connectivity index (χ2v) is 4.61. The molecule has 0 bridgehead atoms. The van der Waals surface area contributed by atoms with Crippen molar-refractivity contribution in [2.75, 3.05) is 13.7 Å².